The number of nitrogens with one attached hydrogen (secondary N) is 1. The number of unbranched alkanes of at least 4 members (excludes halogenated alkanes) is 1. The molecule has 0 unspecified atom stereocenters. The second kappa shape index (κ2) is 9.33. The molecule has 0 aromatic rings. The maximum absolute atomic E-state index is 13.3. The third-order valence-electron chi connectivity index (χ3n) is 9.44. The Morgan fingerprint density at radius 2 is 1.57 bits per heavy atom. The number of carbonyl (C=O) groups excluding carboxylic acids is 5. The fourth-order valence-corrected chi connectivity index (χ4v) is 7.43. The molecule has 37 heavy (non-hydrogen) atoms. The first-order valence-corrected chi connectivity index (χ1v) is 13.7. The van der Waals surface area contributed by atoms with Gasteiger partial charge in [-0.2, -0.15) is 0 Å². The van der Waals surface area contributed by atoms with Gasteiger partial charge in [-0.15, -0.1) is 0 Å². The van der Waals surface area contributed by atoms with Crippen molar-refractivity contribution in [3.63, 3.8) is 0 Å². The van der Waals surface area contributed by atoms with Gasteiger partial charge < -0.3 is 16.4 Å². The zero-order chi connectivity index (χ0) is 26.5. The van der Waals surface area contributed by atoms with Gasteiger partial charge in [-0.3, -0.25) is 29.5 Å². The molecule has 7 amide bonds. The first-order valence-electron chi connectivity index (χ1n) is 13.7. The molecule has 0 radical (unpaired) electrons. The lowest BCUT2D eigenvalue weighted by molar-refractivity contribution is -0.139. The number of hydrogen-bond acceptors (Lipinski definition) is 7. The molecular formula is C26H38N6O5. The molecule has 5 rings (SSSR count). The maximum atomic E-state index is 13.3. The van der Waals surface area contributed by atoms with Gasteiger partial charge in [-0.1, -0.05) is 32.6 Å². The van der Waals surface area contributed by atoms with Gasteiger partial charge in [0.1, 0.15) is 16.9 Å². The summed E-state index contributed by atoms with van der Waals surface area (Å²) < 4.78 is 0. The normalized spacial score (nSPS) is 31.9. The lowest BCUT2D eigenvalue weighted by atomic mass is 9.56. The third-order valence-corrected chi connectivity index (χ3v) is 9.44. The number of rotatable bonds is 5. The molecule has 11 heteroatoms. The Balaban J connectivity index is 1.27. The molecule has 2 heterocycles. The lowest BCUT2D eigenvalue weighted by Crippen LogP contribution is -2.63. The molecule has 5 fully saturated rings. The first-order chi connectivity index (χ1) is 17.6. The highest BCUT2D eigenvalue weighted by Gasteiger charge is 2.60. The molecule has 2 aliphatic heterocycles. The minimum atomic E-state index is -0.719. The minimum absolute atomic E-state index is 0.0353. The predicted molar refractivity (Wildman–Crippen MR) is 133 cm³/mol. The summed E-state index contributed by atoms with van der Waals surface area (Å²) in [6, 6.07) is -1.15. The molecule has 5 N–H and O–H groups in total. The van der Waals surface area contributed by atoms with Crippen molar-refractivity contribution in [2.24, 2.45) is 16.9 Å². The van der Waals surface area contributed by atoms with Gasteiger partial charge in [-0.25, -0.2) is 9.59 Å². The lowest BCUT2D eigenvalue weighted by Gasteiger charge is -2.57. The van der Waals surface area contributed by atoms with E-state index in [1.807, 2.05) is 11.8 Å². The molecule has 2 saturated heterocycles. The number of barbiturate groups is 1. The van der Waals surface area contributed by atoms with Crippen LogP contribution in [0.1, 0.15) is 90.4 Å². The summed E-state index contributed by atoms with van der Waals surface area (Å²) in [5.41, 5.74) is 10.4. The Morgan fingerprint density at radius 1 is 0.919 bits per heavy atom. The molecular weight excluding hydrogens is 476 g/mol. The number of amides is 7. The van der Waals surface area contributed by atoms with Gasteiger partial charge >= 0.3 is 12.1 Å². The van der Waals surface area contributed by atoms with Crippen LogP contribution in [0.3, 0.4) is 0 Å². The van der Waals surface area contributed by atoms with Gasteiger partial charge in [0.05, 0.1) is 0 Å². The van der Waals surface area contributed by atoms with Gasteiger partial charge in [-0.05, 0) is 63.2 Å². The zero-order valence-electron chi connectivity index (χ0n) is 21.6. The summed E-state index contributed by atoms with van der Waals surface area (Å²) in [6.45, 7) is 2.17. The summed E-state index contributed by atoms with van der Waals surface area (Å²) in [7, 11) is 0. The highest BCUT2D eigenvalue weighted by Crippen LogP contribution is 2.56. The quantitative estimate of drug-likeness (QED) is 0.288. The first kappa shape index (κ1) is 25.5. The Labute approximate surface area is 216 Å². The van der Waals surface area contributed by atoms with Crippen molar-refractivity contribution in [3.8, 4) is 0 Å². The molecule has 0 aromatic carbocycles. The van der Waals surface area contributed by atoms with Crippen LogP contribution in [0, 0.1) is 5.41 Å². The zero-order valence-corrected chi connectivity index (χ0v) is 21.6. The van der Waals surface area contributed by atoms with Crippen molar-refractivity contribution in [1.29, 1.82) is 0 Å². The third kappa shape index (κ3) is 3.97. The van der Waals surface area contributed by atoms with E-state index in [-0.39, 0.29) is 47.4 Å². The Hall–Kier alpha value is -3.11. The predicted octanol–water partition coefficient (Wildman–Crippen LogP) is 2.05. The molecule has 0 aromatic heterocycles. The van der Waals surface area contributed by atoms with E-state index in [4.69, 9.17) is 11.5 Å². The molecule has 3 saturated carbocycles. The van der Waals surface area contributed by atoms with Gasteiger partial charge in [0.15, 0.2) is 0 Å². The van der Waals surface area contributed by atoms with E-state index in [2.05, 4.69) is 5.32 Å². The topological polar surface area (TPSA) is 159 Å². The number of hydrogen-bond donors (Lipinski definition) is 3. The Kier molecular flexibility index (Phi) is 6.44. The number of nitrogens with zero attached hydrogens (tertiary/aromatic N) is 3. The molecule has 11 nitrogen and oxygen atoms in total. The highest BCUT2D eigenvalue weighted by molar-refractivity contribution is 6.29. The van der Waals surface area contributed by atoms with Crippen molar-refractivity contribution < 1.29 is 24.0 Å². The molecule has 2 spiro atoms. The van der Waals surface area contributed by atoms with Crippen LogP contribution in [0.25, 0.3) is 0 Å². The summed E-state index contributed by atoms with van der Waals surface area (Å²) >= 11 is 0. The number of urea groups is 2. The van der Waals surface area contributed by atoms with E-state index >= 15 is 0 Å². The van der Waals surface area contributed by atoms with Crippen molar-refractivity contribution in [3.05, 3.63) is 11.4 Å². The second-order valence-corrected chi connectivity index (χ2v) is 11.6. The molecule has 202 valence electrons. The van der Waals surface area contributed by atoms with Crippen LogP contribution in [0.4, 0.5) is 9.59 Å². The van der Waals surface area contributed by atoms with Gasteiger partial charge in [0, 0.05) is 18.6 Å². The molecule has 5 aliphatic rings. The molecule has 0 atom stereocenters. The largest absolute Gasteiger partial charge is 0.385 e. The van der Waals surface area contributed by atoms with Crippen LogP contribution in [0.15, 0.2) is 11.4 Å². The molecule has 0 bridgehead atoms. The van der Waals surface area contributed by atoms with Crippen molar-refractivity contribution in [2.75, 3.05) is 6.54 Å². The minimum Gasteiger partial charge on any atom is -0.385 e. The Bertz CT molecular complexity index is 1040. The van der Waals surface area contributed by atoms with Crippen LogP contribution in [0.5, 0.6) is 0 Å². The van der Waals surface area contributed by atoms with Crippen LogP contribution < -0.4 is 16.8 Å². The summed E-state index contributed by atoms with van der Waals surface area (Å²) in [5, 5.41) is 2.57. The van der Waals surface area contributed by atoms with Gasteiger partial charge in [0.25, 0.3) is 17.7 Å². The van der Waals surface area contributed by atoms with E-state index in [1.54, 1.807) is 0 Å². The fraction of sp³-hybridized carbons (Fsp3) is 0.731. The average molecular weight is 515 g/mol. The monoisotopic (exact) mass is 514 g/mol. The SMILES string of the molecule is CCCCN1C(=O)C(=C(N)N)C(=O)N(C2CCC3(CC2)CC(N2C(=O)NC(=O)C24CCCCC4)C3)C1=O. The van der Waals surface area contributed by atoms with E-state index in [0.717, 1.165) is 69.1 Å². The maximum Gasteiger partial charge on any atom is 0.334 e. The van der Waals surface area contributed by atoms with Crippen LogP contribution in [-0.2, 0) is 14.4 Å². The van der Waals surface area contributed by atoms with Crippen molar-refractivity contribution >= 4 is 29.8 Å². The van der Waals surface area contributed by atoms with Crippen LogP contribution >= 0.6 is 0 Å². The van der Waals surface area contributed by atoms with E-state index in [9.17, 15) is 24.0 Å². The highest BCUT2D eigenvalue weighted by atomic mass is 16.2. The van der Waals surface area contributed by atoms with Crippen molar-refractivity contribution in [2.45, 2.75) is 108 Å². The van der Waals surface area contributed by atoms with Crippen LogP contribution in [-0.4, -0.2) is 68.7 Å². The van der Waals surface area contributed by atoms with E-state index < -0.39 is 23.4 Å². The van der Waals surface area contributed by atoms with E-state index in [1.165, 1.54) is 4.90 Å². The fourth-order valence-electron chi connectivity index (χ4n) is 7.43. The number of imide groups is 3. The number of carbonyl (C=O) groups is 5. The average Bonchev–Trinajstić information content (AvgIpc) is 3.06. The smallest absolute Gasteiger partial charge is 0.334 e. The second-order valence-electron chi connectivity index (χ2n) is 11.6. The number of nitrogens with two attached hydrogens (primary N) is 2. The molecule has 3 aliphatic carbocycles. The van der Waals surface area contributed by atoms with Gasteiger partial charge in [0.2, 0.25) is 0 Å². The van der Waals surface area contributed by atoms with Crippen LogP contribution in [0.2, 0.25) is 0 Å². The summed E-state index contributed by atoms with van der Waals surface area (Å²) in [5.74, 6) is -1.93. The summed E-state index contributed by atoms with van der Waals surface area (Å²) in [4.78, 5) is 68.9. The summed E-state index contributed by atoms with van der Waals surface area (Å²) in [6.07, 6.45) is 10.4. The van der Waals surface area contributed by atoms with E-state index in [0.29, 0.717) is 19.3 Å². The van der Waals surface area contributed by atoms with Crippen molar-refractivity contribution in [1.82, 2.24) is 20.0 Å². The Morgan fingerprint density at radius 3 is 2.16 bits per heavy atom. The standard InChI is InChI=1S/C26H38N6O5/c1-2-3-13-30-20(33)18(19(27)28)21(34)31(24(30)37)16-7-11-25(12-8-16)14-17(15-25)32-23(36)29-22(35)26(32)9-5-4-6-10-26/h16-17H,2-15,27-28H2,1H3,(H,29,35,36).